The number of carbonyl (C=O) groups excluding carboxylic acids is 2. The largest absolute Gasteiger partial charge is 0.493 e. The fourth-order valence-corrected chi connectivity index (χ4v) is 3.20. The SMILES string of the molecule is COc1ccc(C(C)NC(=O)c2ccc(N3CCCC3=O)cc2)cc1OC. The van der Waals surface area contributed by atoms with Gasteiger partial charge >= 0.3 is 0 Å². The molecule has 1 heterocycles. The third-order valence-electron chi connectivity index (χ3n) is 4.77. The van der Waals surface area contributed by atoms with Crippen LogP contribution in [-0.2, 0) is 4.79 Å². The summed E-state index contributed by atoms with van der Waals surface area (Å²) in [5.41, 5.74) is 2.31. The number of methoxy groups -OCH3 is 2. The number of hydrogen-bond acceptors (Lipinski definition) is 4. The van der Waals surface area contributed by atoms with Crippen LogP contribution in [0.1, 0.15) is 41.7 Å². The molecule has 1 unspecified atom stereocenters. The number of anilines is 1. The average Bonchev–Trinajstić information content (AvgIpc) is 3.13. The number of carbonyl (C=O) groups is 2. The van der Waals surface area contributed by atoms with Crippen molar-refractivity contribution in [2.75, 3.05) is 25.7 Å². The summed E-state index contributed by atoms with van der Waals surface area (Å²) in [5.74, 6) is 1.23. The van der Waals surface area contributed by atoms with Crippen LogP contribution in [0.25, 0.3) is 0 Å². The summed E-state index contributed by atoms with van der Waals surface area (Å²) >= 11 is 0. The predicted octanol–water partition coefficient (Wildman–Crippen LogP) is 3.32. The van der Waals surface area contributed by atoms with E-state index in [0.717, 1.165) is 24.2 Å². The molecule has 1 saturated heterocycles. The van der Waals surface area contributed by atoms with Crippen molar-refractivity contribution >= 4 is 17.5 Å². The zero-order valence-corrected chi connectivity index (χ0v) is 15.8. The maximum Gasteiger partial charge on any atom is 0.251 e. The standard InChI is InChI=1S/C21H24N2O4/c1-14(16-8-11-18(26-2)19(13-16)27-3)22-21(25)15-6-9-17(10-7-15)23-12-4-5-20(23)24/h6-11,13-14H,4-5,12H2,1-3H3,(H,22,25). The molecule has 0 aliphatic carbocycles. The van der Waals surface area contributed by atoms with E-state index in [-0.39, 0.29) is 17.9 Å². The highest BCUT2D eigenvalue weighted by atomic mass is 16.5. The topological polar surface area (TPSA) is 67.9 Å². The molecule has 6 heteroatoms. The lowest BCUT2D eigenvalue weighted by atomic mass is 10.1. The Bertz CT molecular complexity index is 833. The van der Waals surface area contributed by atoms with Gasteiger partial charge in [-0.2, -0.15) is 0 Å². The highest BCUT2D eigenvalue weighted by Gasteiger charge is 2.22. The molecule has 2 aromatic rings. The minimum absolute atomic E-state index is 0.134. The van der Waals surface area contributed by atoms with Gasteiger partial charge in [0, 0.05) is 24.2 Å². The average molecular weight is 368 g/mol. The Morgan fingerprint density at radius 1 is 1.07 bits per heavy atom. The monoisotopic (exact) mass is 368 g/mol. The first-order valence-electron chi connectivity index (χ1n) is 8.96. The van der Waals surface area contributed by atoms with E-state index in [1.54, 1.807) is 31.3 Å². The van der Waals surface area contributed by atoms with Crippen LogP contribution in [0.4, 0.5) is 5.69 Å². The number of nitrogens with zero attached hydrogens (tertiary/aromatic N) is 1. The van der Waals surface area contributed by atoms with E-state index >= 15 is 0 Å². The van der Waals surface area contributed by atoms with Gasteiger partial charge in [0.2, 0.25) is 5.91 Å². The molecule has 2 amide bonds. The van der Waals surface area contributed by atoms with Crippen LogP contribution in [0.15, 0.2) is 42.5 Å². The molecule has 1 aliphatic heterocycles. The fourth-order valence-electron chi connectivity index (χ4n) is 3.20. The van der Waals surface area contributed by atoms with Gasteiger partial charge < -0.3 is 19.7 Å². The number of ether oxygens (including phenoxy) is 2. The van der Waals surface area contributed by atoms with Crippen molar-refractivity contribution in [3.63, 3.8) is 0 Å². The fraction of sp³-hybridized carbons (Fsp3) is 0.333. The predicted molar refractivity (Wildman–Crippen MR) is 103 cm³/mol. The lowest BCUT2D eigenvalue weighted by Gasteiger charge is -2.18. The Kier molecular flexibility index (Phi) is 5.64. The van der Waals surface area contributed by atoms with Crippen LogP contribution in [0, 0.1) is 0 Å². The highest BCUT2D eigenvalue weighted by molar-refractivity contribution is 5.97. The second-order valence-corrected chi connectivity index (χ2v) is 6.51. The summed E-state index contributed by atoms with van der Waals surface area (Å²) in [4.78, 5) is 26.1. The van der Waals surface area contributed by atoms with Crippen LogP contribution in [0.2, 0.25) is 0 Å². The molecule has 1 fully saturated rings. The van der Waals surface area contributed by atoms with Crippen molar-refractivity contribution in [1.82, 2.24) is 5.32 Å². The number of hydrogen-bond donors (Lipinski definition) is 1. The molecule has 1 atom stereocenters. The first-order valence-corrected chi connectivity index (χ1v) is 8.96. The number of nitrogens with one attached hydrogen (secondary N) is 1. The molecular weight excluding hydrogens is 344 g/mol. The summed E-state index contributed by atoms with van der Waals surface area (Å²) in [7, 11) is 3.17. The summed E-state index contributed by atoms with van der Waals surface area (Å²) < 4.78 is 10.6. The normalized spacial score (nSPS) is 14.8. The highest BCUT2D eigenvalue weighted by Crippen LogP contribution is 2.30. The molecule has 0 bridgehead atoms. The quantitative estimate of drug-likeness (QED) is 0.849. The van der Waals surface area contributed by atoms with E-state index in [9.17, 15) is 9.59 Å². The Hall–Kier alpha value is -3.02. The van der Waals surface area contributed by atoms with E-state index in [4.69, 9.17) is 9.47 Å². The minimum Gasteiger partial charge on any atom is -0.493 e. The zero-order valence-electron chi connectivity index (χ0n) is 15.8. The van der Waals surface area contributed by atoms with E-state index < -0.39 is 0 Å². The van der Waals surface area contributed by atoms with E-state index in [2.05, 4.69) is 5.32 Å². The number of benzene rings is 2. The van der Waals surface area contributed by atoms with Gasteiger partial charge in [-0.1, -0.05) is 6.07 Å². The van der Waals surface area contributed by atoms with Gasteiger partial charge in [0.1, 0.15) is 0 Å². The molecule has 27 heavy (non-hydrogen) atoms. The van der Waals surface area contributed by atoms with Crippen molar-refractivity contribution in [2.45, 2.75) is 25.8 Å². The van der Waals surface area contributed by atoms with Crippen LogP contribution < -0.4 is 19.7 Å². The summed E-state index contributed by atoms with van der Waals surface area (Å²) in [5, 5.41) is 2.98. The lowest BCUT2D eigenvalue weighted by molar-refractivity contribution is -0.117. The summed E-state index contributed by atoms with van der Waals surface area (Å²) in [6.45, 7) is 2.65. The van der Waals surface area contributed by atoms with Crippen LogP contribution in [0.3, 0.4) is 0 Å². The first-order chi connectivity index (χ1) is 13.0. The molecule has 1 aliphatic rings. The molecule has 0 radical (unpaired) electrons. The smallest absolute Gasteiger partial charge is 0.251 e. The molecule has 2 aromatic carbocycles. The number of amides is 2. The Balaban J connectivity index is 1.68. The van der Waals surface area contributed by atoms with Crippen LogP contribution in [0.5, 0.6) is 11.5 Å². The van der Waals surface area contributed by atoms with Crippen molar-refractivity contribution in [3.05, 3.63) is 53.6 Å². The summed E-state index contributed by atoms with van der Waals surface area (Å²) in [6.07, 6.45) is 1.47. The van der Waals surface area contributed by atoms with Gasteiger partial charge in [0.15, 0.2) is 11.5 Å². The van der Waals surface area contributed by atoms with E-state index in [0.29, 0.717) is 23.5 Å². The minimum atomic E-state index is -0.197. The zero-order chi connectivity index (χ0) is 19.4. The van der Waals surface area contributed by atoms with Crippen molar-refractivity contribution < 1.29 is 19.1 Å². The Morgan fingerprint density at radius 3 is 2.37 bits per heavy atom. The molecule has 3 rings (SSSR count). The Labute approximate surface area is 159 Å². The molecule has 0 saturated carbocycles. The molecule has 0 spiro atoms. The Morgan fingerprint density at radius 2 is 1.78 bits per heavy atom. The van der Waals surface area contributed by atoms with Gasteiger partial charge in [-0.25, -0.2) is 0 Å². The van der Waals surface area contributed by atoms with Crippen LogP contribution in [-0.4, -0.2) is 32.6 Å². The van der Waals surface area contributed by atoms with Gasteiger partial charge in [-0.3, -0.25) is 9.59 Å². The lowest BCUT2D eigenvalue weighted by Crippen LogP contribution is -2.27. The maximum absolute atomic E-state index is 12.6. The van der Waals surface area contributed by atoms with Gasteiger partial charge in [-0.05, 0) is 55.3 Å². The molecule has 0 aromatic heterocycles. The first kappa shape index (κ1) is 18.8. The van der Waals surface area contributed by atoms with Crippen molar-refractivity contribution in [1.29, 1.82) is 0 Å². The third kappa shape index (κ3) is 4.05. The third-order valence-corrected chi connectivity index (χ3v) is 4.77. The molecule has 1 N–H and O–H groups in total. The summed E-state index contributed by atoms with van der Waals surface area (Å²) in [6, 6.07) is 12.5. The van der Waals surface area contributed by atoms with Crippen LogP contribution >= 0.6 is 0 Å². The van der Waals surface area contributed by atoms with Crippen molar-refractivity contribution in [3.8, 4) is 11.5 Å². The molecule has 142 valence electrons. The second kappa shape index (κ2) is 8.12. The van der Waals surface area contributed by atoms with E-state index in [1.165, 1.54) is 0 Å². The molecular formula is C21H24N2O4. The van der Waals surface area contributed by atoms with Gasteiger partial charge in [0.25, 0.3) is 5.91 Å². The van der Waals surface area contributed by atoms with E-state index in [1.807, 2.05) is 37.3 Å². The van der Waals surface area contributed by atoms with Gasteiger partial charge in [-0.15, -0.1) is 0 Å². The molecule has 6 nitrogen and oxygen atoms in total. The maximum atomic E-state index is 12.6. The van der Waals surface area contributed by atoms with Gasteiger partial charge in [0.05, 0.1) is 20.3 Å². The number of rotatable bonds is 6. The van der Waals surface area contributed by atoms with Crippen molar-refractivity contribution in [2.24, 2.45) is 0 Å². The second-order valence-electron chi connectivity index (χ2n) is 6.51.